The van der Waals surface area contributed by atoms with Crippen LogP contribution in [0.1, 0.15) is 25.7 Å². The molecule has 0 spiro atoms. The van der Waals surface area contributed by atoms with E-state index >= 15 is 0 Å². The molecule has 1 fully saturated rings. The van der Waals surface area contributed by atoms with Crippen molar-refractivity contribution in [2.75, 3.05) is 25.5 Å². The Hall–Kier alpha value is -1.11. The number of halogens is 1. The lowest BCUT2D eigenvalue weighted by molar-refractivity contribution is -0.121. The summed E-state index contributed by atoms with van der Waals surface area (Å²) in [5.41, 5.74) is 5.75. The molecular weight excluding hydrogens is 348 g/mol. The van der Waals surface area contributed by atoms with Gasteiger partial charge in [0.15, 0.2) is 11.5 Å². The number of thioether (sulfide) groups is 1. The Balaban J connectivity index is 0.00000208. The lowest BCUT2D eigenvalue weighted by Gasteiger charge is -2.19. The minimum Gasteiger partial charge on any atom is -0.486 e. The highest BCUT2D eigenvalue weighted by Crippen LogP contribution is 2.34. The molecule has 2 atom stereocenters. The SMILES string of the molecule is Cl.NCC1CCCC1NC(=O)CCSc1ccc2c(c1)OCCO2. The van der Waals surface area contributed by atoms with E-state index in [4.69, 9.17) is 15.2 Å². The quantitative estimate of drug-likeness (QED) is 0.751. The van der Waals surface area contributed by atoms with E-state index < -0.39 is 0 Å². The molecule has 2 aliphatic rings. The van der Waals surface area contributed by atoms with Crippen molar-refractivity contribution in [3.8, 4) is 11.5 Å². The van der Waals surface area contributed by atoms with Crippen LogP contribution in [-0.4, -0.2) is 37.5 Å². The predicted molar refractivity (Wildman–Crippen MR) is 98.3 cm³/mol. The van der Waals surface area contributed by atoms with Crippen molar-refractivity contribution in [1.29, 1.82) is 0 Å². The first kappa shape index (κ1) is 19.2. The van der Waals surface area contributed by atoms with Gasteiger partial charge in [-0.25, -0.2) is 0 Å². The topological polar surface area (TPSA) is 73.6 Å². The molecule has 1 saturated carbocycles. The van der Waals surface area contributed by atoms with E-state index in [0.29, 0.717) is 32.1 Å². The lowest BCUT2D eigenvalue weighted by Crippen LogP contribution is -2.39. The third-order valence-electron chi connectivity index (χ3n) is 4.42. The Morgan fingerprint density at radius 3 is 2.83 bits per heavy atom. The van der Waals surface area contributed by atoms with Crippen LogP contribution in [0.3, 0.4) is 0 Å². The van der Waals surface area contributed by atoms with E-state index in [2.05, 4.69) is 5.32 Å². The highest BCUT2D eigenvalue weighted by molar-refractivity contribution is 7.99. The van der Waals surface area contributed by atoms with Crippen LogP contribution in [0.5, 0.6) is 11.5 Å². The van der Waals surface area contributed by atoms with Crippen molar-refractivity contribution >= 4 is 30.1 Å². The molecule has 24 heavy (non-hydrogen) atoms. The third-order valence-corrected chi connectivity index (χ3v) is 5.42. The van der Waals surface area contributed by atoms with Crippen molar-refractivity contribution in [3.63, 3.8) is 0 Å². The predicted octanol–water partition coefficient (Wildman–Crippen LogP) is 2.61. The van der Waals surface area contributed by atoms with Gasteiger partial charge in [0, 0.05) is 23.1 Å². The second-order valence-electron chi connectivity index (χ2n) is 6.00. The van der Waals surface area contributed by atoms with E-state index in [0.717, 1.165) is 35.0 Å². The molecule has 0 bridgehead atoms. The summed E-state index contributed by atoms with van der Waals surface area (Å²) in [6.07, 6.45) is 3.88. The maximum Gasteiger partial charge on any atom is 0.221 e. The highest BCUT2D eigenvalue weighted by Gasteiger charge is 2.27. The number of carbonyl (C=O) groups is 1. The zero-order valence-corrected chi connectivity index (χ0v) is 15.3. The van der Waals surface area contributed by atoms with E-state index in [1.165, 1.54) is 6.42 Å². The van der Waals surface area contributed by atoms with Gasteiger partial charge in [0.2, 0.25) is 5.91 Å². The van der Waals surface area contributed by atoms with Gasteiger partial charge < -0.3 is 20.5 Å². The minimum atomic E-state index is 0. The maximum atomic E-state index is 12.1. The van der Waals surface area contributed by atoms with Gasteiger partial charge in [0.05, 0.1) is 0 Å². The molecule has 1 aromatic carbocycles. The zero-order valence-electron chi connectivity index (χ0n) is 13.7. The highest BCUT2D eigenvalue weighted by atomic mass is 35.5. The first-order valence-electron chi connectivity index (χ1n) is 8.28. The maximum absolute atomic E-state index is 12.1. The molecule has 5 nitrogen and oxygen atoms in total. The molecule has 0 saturated heterocycles. The number of nitrogens with one attached hydrogen (secondary N) is 1. The van der Waals surface area contributed by atoms with Crippen LogP contribution < -0.4 is 20.5 Å². The fraction of sp³-hybridized carbons (Fsp3) is 0.588. The molecule has 1 aliphatic heterocycles. The summed E-state index contributed by atoms with van der Waals surface area (Å²) in [6, 6.07) is 6.20. The third kappa shape index (κ3) is 4.94. The smallest absolute Gasteiger partial charge is 0.221 e. The molecular formula is C17H25ClN2O3S. The molecule has 1 aromatic rings. The van der Waals surface area contributed by atoms with Gasteiger partial charge in [-0.1, -0.05) is 6.42 Å². The molecule has 7 heteroatoms. The molecule has 0 aromatic heterocycles. The number of ether oxygens (including phenoxy) is 2. The van der Waals surface area contributed by atoms with E-state index in [-0.39, 0.29) is 24.4 Å². The first-order valence-corrected chi connectivity index (χ1v) is 9.26. The van der Waals surface area contributed by atoms with Gasteiger partial charge in [-0.15, -0.1) is 24.2 Å². The standard InChI is InChI=1S/C17H24N2O3S.ClH/c18-11-12-2-1-3-14(12)19-17(20)6-9-23-13-4-5-15-16(10-13)22-8-7-21-15;/h4-5,10,12,14H,1-3,6-9,11,18H2,(H,19,20);1H. The normalized spacial score (nSPS) is 21.9. The fourth-order valence-electron chi connectivity index (χ4n) is 3.16. The largest absolute Gasteiger partial charge is 0.486 e. The van der Waals surface area contributed by atoms with Gasteiger partial charge >= 0.3 is 0 Å². The van der Waals surface area contributed by atoms with E-state index in [1.807, 2.05) is 18.2 Å². The van der Waals surface area contributed by atoms with Crippen molar-refractivity contribution < 1.29 is 14.3 Å². The Morgan fingerprint density at radius 1 is 1.25 bits per heavy atom. The van der Waals surface area contributed by atoms with Crippen LogP contribution in [-0.2, 0) is 4.79 Å². The summed E-state index contributed by atoms with van der Waals surface area (Å²) < 4.78 is 11.1. The second kappa shape index (κ2) is 9.39. The molecule has 134 valence electrons. The number of benzene rings is 1. The Bertz CT molecular complexity index is 559. The number of fused-ring (bicyclic) bond motifs is 1. The molecule has 2 unspecified atom stereocenters. The van der Waals surface area contributed by atoms with Crippen LogP contribution in [0.4, 0.5) is 0 Å². The van der Waals surface area contributed by atoms with E-state index in [9.17, 15) is 4.79 Å². The Labute approximate surface area is 153 Å². The number of hydrogen-bond acceptors (Lipinski definition) is 5. The van der Waals surface area contributed by atoms with Crippen LogP contribution in [0.25, 0.3) is 0 Å². The molecule has 1 amide bonds. The zero-order chi connectivity index (χ0) is 16.1. The van der Waals surface area contributed by atoms with Crippen LogP contribution in [0, 0.1) is 5.92 Å². The van der Waals surface area contributed by atoms with Crippen LogP contribution in [0.15, 0.2) is 23.1 Å². The fourth-order valence-corrected chi connectivity index (χ4v) is 4.04. The summed E-state index contributed by atoms with van der Waals surface area (Å²) in [5, 5.41) is 3.14. The number of carbonyl (C=O) groups excluding carboxylic acids is 1. The van der Waals surface area contributed by atoms with Crippen molar-refractivity contribution in [1.82, 2.24) is 5.32 Å². The Morgan fingerprint density at radius 2 is 2.04 bits per heavy atom. The molecule has 1 heterocycles. The van der Waals surface area contributed by atoms with Crippen LogP contribution >= 0.6 is 24.2 Å². The summed E-state index contributed by atoms with van der Waals surface area (Å²) in [4.78, 5) is 13.2. The average molecular weight is 373 g/mol. The number of nitrogens with two attached hydrogens (primary N) is 1. The van der Waals surface area contributed by atoms with Crippen molar-refractivity contribution in [2.45, 2.75) is 36.6 Å². The monoisotopic (exact) mass is 372 g/mol. The van der Waals surface area contributed by atoms with E-state index in [1.54, 1.807) is 11.8 Å². The van der Waals surface area contributed by atoms with Crippen molar-refractivity contribution in [2.24, 2.45) is 11.7 Å². The second-order valence-corrected chi connectivity index (χ2v) is 7.17. The minimum absolute atomic E-state index is 0. The van der Waals surface area contributed by atoms with Gasteiger partial charge in [0.25, 0.3) is 0 Å². The van der Waals surface area contributed by atoms with Gasteiger partial charge in [-0.05, 0) is 43.5 Å². The van der Waals surface area contributed by atoms with Crippen molar-refractivity contribution in [3.05, 3.63) is 18.2 Å². The van der Waals surface area contributed by atoms with Gasteiger partial charge in [-0.2, -0.15) is 0 Å². The molecule has 1 aliphatic carbocycles. The van der Waals surface area contributed by atoms with Gasteiger partial charge in [-0.3, -0.25) is 4.79 Å². The lowest BCUT2D eigenvalue weighted by atomic mass is 10.0. The first-order chi connectivity index (χ1) is 11.3. The average Bonchev–Trinajstić information content (AvgIpc) is 3.02. The summed E-state index contributed by atoms with van der Waals surface area (Å²) in [5.74, 6) is 2.92. The summed E-state index contributed by atoms with van der Waals surface area (Å²) >= 11 is 1.66. The number of rotatable bonds is 6. The number of amides is 1. The molecule has 3 rings (SSSR count). The Kier molecular flexibility index (Phi) is 7.52. The van der Waals surface area contributed by atoms with Gasteiger partial charge in [0.1, 0.15) is 13.2 Å². The van der Waals surface area contributed by atoms with Crippen LogP contribution in [0.2, 0.25) is 0 Å². The molecule has 0 radical (unpaired) electrons. The molecule has 3 N–H and O–H groups in total. The summed E-state index contributed by atoms with van der Waals surface area (Å²) in [6.45, 7) is 1.86. The number of hydrogen-bond donors (Lipinski definition) is 2. The summed E-state index contributed by atoms with van der Waals surface area (Å²) in [7, 11) is 0.